The molecule has 1 amide bonds. The minimum absolute atomic E-state index is 0.0224. The number of amides is 1. The predicted molar refractivity (Wildman–Crippen MR) is 95.4 cm³/mol. The van der Waals surface area contributed by atoms with Crippen LogP contribution in [0.5, 0.6) is 0 Å². The number of nitrogens with one attached hydrogen (secondary N) is 1. The van der Waals surface area contributed by atoms with E-state index in [2.05, 4.69) is 20.2 Å². The van der Waals surface area contributed by atoms with E-state index in [0.29, 0.717) is 0 Å². The molecule has 0 unspecified atom stereocenters. The van der Waals surface area contributed by atoms with E-state index in [-0.39, 0.29) is 11.9 Å². The van der Waals surface area contributed by atoms with Gasteiger partial charge in [0.2, 0.25) is 5.95 Å². The topological polar surface area (TPSA) is 58.1 Å². The Morgan fingerprint density at radius 2 is 1.71 bits per heavy atom. The van der Waals surface area contributed by atoms with E-state index in [0.717, 1.165) is 54.4 Å². The lowest BCUT2D eigenvalue weighted by atomic mass is 10.0. The van der Waals surface area contributed by atoms with Crippen LogP contribution >= 0.6 is 0 Å². The number of piperidine rings is 1. The summed E-state index contributed by atoms with van der Waals surface area (Å²) in [6.07, 6.45) is 1.82. The Bertz CT molecular complexity index is 716. The van der Waals surface area contributed by atoms with Crippen LogP contribution in [0, 0.1) is 20.8 Å². The molecule has 1 aliphatic heterocycles. The lowest BCUT2D eigenvalue weighted by Gasteiger charge is -2.32. The summed E-state index contributed by atoms with van der Waals surface area (Å²) >= 11 is 0. The molecular weight excluding hydrogens is 300 g/mol. The maximum atomic E-state index is 12.4. The quantitative estimate of drug-likeness (QED) is 0.943. The second-order valence-electron chi connectivity index (χ2n) is 6.50. The zero-order valence-electron chi connectivity index (χ0n) is 14.5. The Balaban J connectivity index is 1.59. The molecule has 3 rings (SSSR count). The van der Waals surface area contributed by atoms with Crippen LogP contribution in [-0.2, 0) is 0 Å². The molecule has 0 radical (unpaired) electrons. The van der Waals surface area contributed by atoms with Gasteiger partial charge in [-0.25, -0.2) is 9.97 Å². The van der Waals surface area contributed by atoms with Gasteiger partial charge >= 0.3 is 0 Å². The van der Waals surface area contributed by atoms with Crippen molar-refractivity contribution < 1.29 is 4.79 Å². The van der Waals surface area contributed by atoms with Gasteiger partial charge in [0.1, 0.15) is 0 Å². The van der Waals surface area contributed by atoms with E-state index in [1.54, 1.807) is 0 Å². The summed E-state index contributed by atoms with van der Waals surface area (Å²) in [5, 5.41) is 3.16. The summed E-state index contributed by atoms with van der Waals surface area (Å²) in [6.45, 7) is 7.68. The number of aromatic nitrogens is 2. The number of rotatable bonds is 3. The minimum atomic E-state index is 0.0224. The van der Waals surface area contributed by atoms with E-state index in [1.807, 2.05) is 51.1 Å². The fourth-order valence-corrected chi connectivity index (χ4v) is 3.16. The Hall–Kier alpha value is -2.43. The summed E-state index contributed by atoms with van der Waals surface area (Å²) in [5.74, 6) is 0.824. The highest BCUT2D eigenvalue weighted by Crippen LogP contribution is 2.18. The van der Waals surface area contributed by atoms with Crippen molar-refractivity contribution in [3.63, 3.8) is 0 Å². The number of anilines is 1. The molecule has 0 aliphatic carbocycles. The molecule has 1 aromatic heterocycles. The van der Waals surface area contributed by atoms with E-state index in [1.165, 1.54) is 0 Å². The number of nitrogens with zero attached hydrogens (tertiary/aromatic N) is 3. The molecule has 0 atom stereocenters. The first-order valence-electron chi connectivity index (χ1n) is 8.46. The molecule has 126 valence electrons. The van der Waals surface area contributed by atoms with Gasteiger partial charge in [-0.2, -0.15) is 0 Å². The minimum Gasteiger partial charge on any atom is -0.349 e. The van der Waals surface area contributed by atoms with Gasteiger partial charge in [-0.15, -0.1) is 0 Å². The highest BCUT2D eigenvalue weighted by atomic mass is 16.1. The zero-order chi connectivity index (χ0) is 17.1. The predicted octanol–water partition coefficient (Wildman–Crippen LogP) is 2.80. The van der Waals surface area contributed by atoms with Gasteiger partial charge in [-0.3, -0.25) is 4.79 Å². The summed E-state index contributed by atoms with van der Waals surface area (Å²) in [4.78, 5) is 23.7. The van der Waals surface area contributed by atoms with Crippen molar-refractivity contribution in [1.29, 1.82) is 0 Å². The van der Waals surface area contributed by atoms with Crippen molar-refractivity contribution in [2.75, 3.05) is 18.0 Å². The molecular formula is C19H24N4O. The third kappa shape index (κ3) is 3.72. The molecule has 2 aromatic rings. The van der Waals surface area contributed by atoms with Gasteiger partial charge in [0, 0.05) is 36.1 Å². The van der Waals surface area contributed by atoms with Crippen LogP contribution in [-0.4, -0.2) is 35.0 Å². The first-order chi connectivity index (χ1) is 11.5. The maximum absolute atomic E-state index is 12.4. The van der Waals surface area contributed by atoms with Crippen LogP contribution in [0.25, 0.3) is 0 Å². The number of carbonyl (C=O) groups is 1. The molecule has 0 saturated carbocycles. The number of hydrogen-bond acceptors (Lipinski definition) is 4. The third-order valence-corrected chi connectivity index (χ3v) is 4.47. The summed E-state index contributed by atoms with van der Waals surface area (Å²) in [5.41, 5.74) is 3.76. The molecule has 0 bridgehead atoms. The highest BCUT2D eigenvalue weighted by molar-refractivity contribution is 5.95. The summed E-state index contributed by atoms with van der Waals surface area (Å²) in [7, 11) is 0. The molecule has 1 saturated heterocycles. The largest absolute Gasteiger partial charge is 0.349 e. The van der Waals surface area contributed by atoms with E-state index >= 15 is 0 Å². The van der Waals surface area contributed by atoms with E-state index < -0.39 is 0 Å². The molecule has 1 aliphatic rings. The van der Waals surface area contributed by atoms with Crippen molar-refractivity contribution in [1.82, 2.24) is 15.3 Å². The smallest absolute Gasteiger partial charge is 0.251 e. The lowest BCUT2D eigenvalue weighted by molar-refractivity contribution is 0.0930. The van der Waals surface area contributed by atoms with Gasteiger partial charge in [-0.05, 0) is 51.3 Å². The Morgan fingerprint density at radius 1 is 1.08 bits per heavy atom. The number of hydrogen-bond donors (Lipinski definition) is 1. The molecule has 2 heterocycles. The van der Waals surface area contributed by atoms with Gasteiger partial charge in [0.15, 0.2) is 0 Å². The van der Waals surface area contributed by atoms with Crippen molar-refractivity contribution in [2.24, 2.45) is 0 Å². The van der Waals surface area contributed by atoms with E-state index in [4.69, 9.17) is 0 Å². The average molecular weight is 324 g/mol. The van der Waals surface area contributed by atoms with Gasteiger partial charge < -0.3 is 10.2 Å². The number of aryl methyl sites for hydroxylation is 3. The SMILES string of the molecule is Cc1cc(C)nc(N2CCC(NC(=O)c3ccccc3C)CC2)n1. The molecule has 5 nitrogen and oxygen atoms in total. The Labute approximate surface area is 143 Å². The molecule has 1 aromatic carbocycles. The normalized spacial score (nSPS) is 15.4. The van der Waals surface area contributed by atoms with Crippen molar-refractivity contribution >= 4 is 11.9 Å². The van der Waals surface area contributed by atoms with Crippen molar-refractivity contribution in [2.45, 2.75) is 39.7 Å². The lowest BCUT2D eigenvalue weighted by Crippen LogP contribution is -2.45. The number of carbonyl (C=O) groups excluding carboxylic acids is 1. The van der Waals surface area contributed by atoms with Crippen LogP contribution in [0.4, 0.5) is 5.95 Å². The fourth-order valence-electron chi connectivity index (χ4n) is 3.16. The van der Waals surface area contributed by atoms with Crippen molar-refractivity contribution in [3.05, 3.63) is 52.8 Å². The Morgan fingerprint density at radius 3 is 2.33 bits per heavy atom. The molecule has 5 heteroatoms. The molecule has 1 fully saturated rings. The first-order valence-corrected chi connectivity index (χ1v) is 8.46. The number of benzene rings is 1. The average Bonchev–Trinajstić information content (AvgIpc) is 2.55. The highest BCUT2D eigenvalue weighted by Gasteiger charge is 2.23. The first kappa shape index (κ1) is 16.4. The second-order valence-corrected chi connectivity index (χ2v) is 6.50. The van der Waals surface area contributed by atoms with Gasteiger partial charge in [0.05, 0.1) is 0 Å². The molecule has 0 spiro atoms. The van der Waals surface area contributed by atoms with Crippen molar-refractivity contribution in [3.8, 4) is 0 Å². The van der Waals surface area contributed by atoms with Crippen LogP contribution in [0.2, 0.25) is 0 Å². The summed E-state index contributed by atoms with van der Waals surface area (Å²) < 4.78 is 0. The fraction of sp³-hybridized carbons (Fsp3) is 0.421. The van der Waals surface area contributed by atoms with E-state index in [9.17, 15) is 4.79 Å². The van der Waals surface area contributed by atoms with Crippen LogP contribution in [0.1, 0.15) is 40.2 Å². The Kier molecular flexibility index (Phi) is 4.79. The van der Waals surface area contributed by atoms with Crippen LogP contribution in [0.15, 0.2) is 30.3 Å². The van der Waals surface area contributed by atoms with Crippen LogP contribution in [0.3, 0.4) is 0 Å². The molecule has 1 N–H and O–H groups in total. The third-order valence-electron chi connectivity index (χ3n) is 4.47. The van der Waals surface area contributed by atoms with Crippen LogP contribution < -0.4 is 10.2 Å². The van der Waals surface area contributed by atoms with Gasteiger partial charge in [0.25, 0.3) is 5.91 Å². The maximum Gasteiger partial charge on any atom is 0.251 e. The second kappa shape index (κ2) is 6.99. The monoisotopic (exact) mass is 324 g/mol. The molecule has 24 heavy (non-hydrogen) atoms. The van der Waals surface area contributed by atoms with Gasteiger partial charge in [-0.1, -0.05) is 18.2 Å². The summed E-state index contributed by atoms with van der Waals surface area (Å²) in [6, 6.07) is 9.90. The zero-order valence-corrected chi connectivity index (χ0v) is 14.5. The standard InChI is InChI=1S/C19H24N4O/c1-13-6-4-5-7-17(13)18(24)22-16-8-10-23(11-9-16)19-20-14(2)12-15(3)21-19/h4-7,12,16H,8-11H2,1-3H3,(H,22,24).